The number of carboxylic acids is 1. The molecule has 0 aliphatic carbocycles. The molecule has 4 N–H and O–H groups in total. The summed E-state index contributed by atoms with van der Waals surface area (Å²) < 4.78 is 0. The minimum Gasteiger partial charge on any atom is -0.480 e. The van der Waals surface area contributed by atoms with E-state index in [1.165, 1.54) is 11.1 Å². The van der Waals surface area contributed by atoms with Crippen molar-refractivity contribution in [3.05, 3.63) is 71.6 Å². The summed E-state index contributed by atoms with van der Waals surface area (Å²) in [6.45, 7) is 5.25. The molecule has 0 radical (unpaired) electrons. The van der Waals surface area contributed by atoms with Gasteiger partial charge in [0.05, 0.1) is 0 Å². The lowest BCUT2D eigenvalue weighted by Gasteiger charge is -2.18. The Bertz CT molecular complexity index is 962. The first-order valence-electron chi connectivity index (χ1n) is 12.2. The van der Waals surface area contributed by atoms with Crippen molar-refractivity contribution in [2.45, 2.75) is 63.8 Å². The summed E-state index contributed by atoms with van der Waals surface area (Å²) in [5.41, 5.74) is 4.21. The Hall–Kier alpha value is -3.35. The molecule has 0 saturated carbocycles. The molecule has 0 spiro atoms. The highest BCUT2D eigenvalue weighted by Gasteiger charge is 2.17. The molecule has 2 aromatic rings. The zero-order chi connectivity index (χ0) is 24.2. The topological polar surface area (TPSA) is 103 Å². The van der Waals surface area contributed by atoms with E-state index in [0.29, 0.717) is 31.5 Å². The number of nitrogens with zero attached hydrogens (tertiary/aromatic N) is 1. The second-order valence-corrected chi connectivity index (χ2v) is 8.81. The fourth-order valence-corrected chi connectivity index (χ4v) is 4.06. The zero-order valence-electron chi connectivity index (χ0n) is 19.8. The van der Waals surface area contributed by atoms with Crippen LogP contribution < -0.4 is 16.0 Å². The average Bonchev–Trinajstić information content (AvgIpc) is 2.85. The van der Waals surface area contributed by atoms with E-state index in [0.717, 1.165) is 56.6 Å². The Morgan fingerprint density at radius 2 is 1.91 bits per heavy atom. The standard InChI is InChI=1S/C27H36N4O3/c1-20(13-14-21-8-3-2-4-9-21)30-24(27(33)34)17-19-28-25(32)12-6-5-11-23-16-15-22-10-7-18-29-26(22)31-23/h2-4,8-9,15-16,24,30H,1,5-7,10-14,17-19H2,(H,28,32)(H,29,31)(H,33,34). The van der Waals surface area contributed by atoms with Crippen molar-refractivity contribution in [2.24, 2.45) is 0 Å². The van der Waals surface area contributed by atoms with Gasteiger partial charge in [0.1, 0.15) is 11.9 Å². The van der Waals surface area contributed by atoms with Gasteiger partial charge in [-0.05, 0) is 68.6 Å². The molecule has 0 fully saturated rings. The van der Waals surface area contributed by atoms with Gasteiger partial charge in [0.25, 0.3) is 0 Å². The molecule has 1 aliphatic heterocycles. The average molecular weight is 465 g/mol. The number of aryl methyl sites for hydroxylation is 3. The number of allylic oxidation sites excluding steroid dienone is 1. The highest BCUT2D eigenvalue weighted by Crippen LogP contribution is 2.20. The first-order valence-corrected chi connectivity index (χ1v) is 12.2. The number of anilines is 1. The molecule has 1 aliphatic rings. The van der Waals surface area contributed by atoms with Gasteiger partial charge in [0.15, 0.2) is 0 Å². The molecule has 7 nitrogen and oxygen atoms in total. The van der Waals surface area contributed by atoms with Crippen LogP contribution in [-0.4, -0.2) is 41.1 Å². The predicted octanol–water partition coefficient (Wildman–Crippen LogP) is 3.85. The van der Waals surface area contributed by atoms with E-state index in [-0.39, 0.29) is 5.91 Å². The van der Waals surface area contributed by atoms with Gasteiger partial charge in [-0.25, -0.2) is 9.78 Å². The monoisotopic (exact) mass is 464 g/mol. The molecule has 0 bridgehead atoms. The lowest BCUT2D eigenvalue weighted by atomic mass is 10.1. The van der Waals surface area contributed by atoms with Gasteiger partial charge in [-0.3, -0.25) is 4.79 Å². The second kappa shape index (κ2) is 13.4. The number of fused-ring (bicyclic) bond motifs is 1. The number of pyridine rings is 1. The lowest BCUT2D eigenvalue weighted by Crippen LogP contribution is -2.39. The van der Waals surface area contributed by atoms with Crippen LogP contribution in [0.2, 0.25) is 0 Å². The summed E-state index contributed by atoms with van der Waals surface area (Å²) >= 11 is 0. The van der Waals surface area contributed by atoms with Crippen LogP contribution >= 0.6 is 0 Å². The first-order chi connectivity index (χ1) is 16.5. The molecule has 7 heteroatoms. The van der Waals surface area contributed by atoms with Gasteiger partial charge in [-0.2, -0.15) is 0 Å². The Balaban J connectivity index is 1.29. The summed E-state index contributed by atoms with van der Waals surface area (Å²) in [4.78, 5) is 28.4. The van der Waals surface area contributed by atoms with Crippen molar-refractivity contribution >= 4 is 17.7 Å². The van der Waals surface area contributed by atoms with Gasteiger partial charge < -0.3 is 21.1 Å². The van der Waals surface area contributed by atoms with Crippen LogP contribution in [0.5, 0.6) is 0 Å². The number of rotatable bonds is 14. The molecule has 2 heterocycles. The highest BCUT2D eigenvalue weighted by molar-refractivity contribution is 5.76. The zero-order valence-corrected chi connectivity index (χ0v) is 19.8. The number of benzene rings is 1. The van der Waals surface area contributed by atoms with Crippen LogP contribution in [0.1, 0.15) is 55.3 Å². The van der Waals surface area contributed by atoms with E-state index in [4.69, 9.17) is 0 Å². The molecule has 3 rings (SSSR count). The predicted molar refractivity (Wildman–Crippen MR) is 135 cm³/mol. The first kappa shape index (κ1) is 25.3. The Kier molecular flexibility index (Phi) is 9.95. The third-order valence-corrected chi connectivity index (χ3v) is 6.03. The van der Waals surface area contributed by atoms with Gasteiger partial charge in [-0.1, -0.05) is 43.0 Å². The van der Waals surface area contributed by atoms with Gasteiger partial charge >= 0.3 is 5.97 Å². The molecule has 1 aromatic heterocycles. The summed E-state index contributed by atoms with van der Waals surface area (Å²) in [5.74, 6) is 0.0140. The van der Waals surface area contributed by atoms with Crippen LogP contribution in [0.25, 0.3) is 0 Å². The summed E-state index contributed by atoms with van der Waals surface area (Å²) in [5, 5.41) is 18.7. The van der Waals surface area contributed by atoms with E-state index in [1.54, 1.807) is 0 Å². The molecular formula is C27H36N4O3. The maximum absolute atomic E-state index is 12.2. The molecule has 182 valence electrons. The van der Waals surface area contributed by atoms with Gasteiger partial charge in [0, 0.05) is 30.9 Å². The Morgan fingerprint density at radius 3 is 2.71 bits per heavy atom. The number of amides is 1. The number of hydrogen-bond donors (Lipinski definition) is 4. The summed E-state index contributed by atoms with van der Waals surface area (Å²) in [6, 6.07) is 13.5. The van der Waals surface area contributed by atoms with Crippen LogP contribution in [0.15, 0.2) is 54.7 Å². The van der Waals surface area contributed by atoms with Crippen molar-refractivity contribution in [3.8, 4) is 0 Å². The number of carbonyl (C=O) groups excluding carboxylic acids is 1. The Morgan fingerprint density at radius 1 is 1.09 bits per heavy atom. The van der Waals surface area contributed by atoms with Crippen LogP contribution in [-0.2, 0) is 28.9 Å². The molecule has 1 aromatic carbocycles. The molecule has 1 atom stereocenters. The Labute approximate surface area is 202 Å². The molecule has 1 amide bonds. The van der Waals surface area contributed by atoms with E-state index in [1.807, 2.05) is 30.3 Å². The number of hydrogen-bond acceptors (Lipinski definition) is 5. The number of nitrogens with one attached hydrogen (secondary N) is 3. The molecule has 1 unspecified atom stereocenters. The van der Waals surface area contributed by atoms with E-state index >= 15 is 0 Å². The normalized spacial score (nSPS) is 13.3. The van der Waals surface area contributed by atoms with E-state index in [2.05, 4.69) is 39.6 Å². The van der Waals surface area contributed by atoms with E-state index < -0.39 is 12.0 Å². The number of carboxylic acid groups (broad SMARTS) is 1. The summed E-state index contributed by atoms with van der Waals surface area (Å²) in [7, 11) is 0. The van der Waals surface area contributed by atoms with Crippen molar-refractivity contribution < 1.29 is 14.7 Å². The highest BCUT2D eigenvalue weighted by atomic mass is 16.4. The second-order valence-electron chi connectivity index (χ2n) is 8.81. The number of unbranched alkanes of at least 4 members (excludes halogenated alkanes) is 1. The number of aromatic nitrogens is 1. The molecular weight excluding hydrogens is 428 g/mol. The third-order valence-electron chi connectivity index (χ3n) is 6.03. The van der Waals surface area contributed by atoms with Crippen molar-refractivity contribution in [2.75, 3.05) is 18.4 Å². The number of carbonyl (C=O) groups is 2. The third kappa shape index (κ3) is 8.54. The fraction of sp³-hybridized carbons (Fsp3) is 0.444. The summed E-state index contributed by atoms with van der Waals surface area (Å²) in [6.07, 6.45) is 6.93. The maximum Gasteiger partial charge on any atom is 0.326 e. The van der Waals surface area contributed by atoms with Crippen molar-refractivity contribution in [1.29, 1.82) is 0 Å². The van der Waals surface area contributed by atoms with Crippen LogP contribution in [0, 0.1) is 0 Å². The maximum atomic E-state index is 12.2. The van der Waals surface area contributed by atoms with E-state index in [9.17, 15) is 14.7 Å². The van der Waals surface area contributed by atoms with Crippen LogP contribution in [0.3, 0.4) is 0 Å². The van der Waals surface area contributed by atoms with Crippen LogP contribution in [0.4, 0.5) is 5.82 Å². The lowest BCUT2D eigenvalue weighted by molar-refractivity contribution is -0.139. The van der Waals surface area contributed by atoms with Gasteiger partial charge in [0.2, 0.25) is 5.91 Å². The fourth-order valence-electron chi connectivity index (χ4n) is 4.06. The molecule has 0 saturated heterocycles. The largest absolute Gasteiger partial charge is 0.480 e. The van der Waals surface area contributed by atoms with Gasteiger partial charge in [-0.15, -0.1) is 0 Å². The number of aliphatic carboxylic acids is 1. The minimum atomic E-state index is -0.942. The smallest absolute Gasteiger partial charge is 0.326 e. The SMILES string of the molecule is C=C(CCc1ccccc1)NC(CCNC(=O)CCCCc1ccc2c(n1)NCCC2)C(=O)O. The quantitative estimate of drug-likeness (QED) is 0.317. The van der Waals surface area contributed by atoms with Crippen molar-refractivity contribution in [1.82, 2.24) is 15.6 Å². The van der Waals surface area contributed by atoms with Crippen molar-refractivity contribution in [3.63, 3.8) is 0 Å². The minimum absolute atomic E-state index is 0.0490. The molecule has 34 heavy (non-hydrogen) atoms.